The van der Waals surface area contributed by atoms with Crippen molar-refractivity contribution < 1.29 is 9.90 Å². The van der Waals surface area contributed by atoms with E-state index in [0.717, 1.165) is 37.3 Å². The molecule has 0 spiro atoms. The van der Waals surface area contributed by atoms with Crippen LogP contribution >= 0.6 is 34.0 Å². The molecule has 4 nitrogen and oxygen atoms in total. The molecule has 0 atom stereocenters. The maximum atomic E-state index is 11.1. The molecule has 0 saturated carbocycles. The Morgan fingerprint density at radius 2 is 1.09 bits per heavy atom. The van der Waals surface area contributed by atoms with Gasteiger partial charge in [0.15, 0.2) is 0 Å². The van der Waals surface area contributed by atoms with Crippen LogP contribution in [0.25, 0.3) is 37.7 Å². The summed E-state index contributed by atoms with van der Waals surface area (Å²) in [6, 6.07) is 43.4. The number of hydrogen-bond acceptors (Lipinski definition) is 6. The van der Waals surface area contributed by atoms with Crippen molar-refractivity contribution in [3.05, 3.63) is 142 Å². The molecule has 6 aromatic rings. The smallest absolute Gasteiger partial charge is 0.346 e. The Kier molecular flexibility index (Phi) is 8.43. The number of rotatable bonds is 9. The zero-order valence-corrected chi connectivity index (χ0v) is 25.2. The van der Waals surface area contributed by atoms with E-state index in [1.54, 1.807) is 28.7 Å². The van der Waals surface area contributed by atoms with Crippen LogP contribution in [-0.2, 0) is 4.79 Å². The summed E-state index contributed by atoms with van der Waals surface area (Å²) in [6.45, 7) is 0. The van der Waals surface area contributed by atoms with Gasteiger partial charge in [-0.05, 0) is 90.5 Å². The quantitative estimate of drug-likeness (QED) is 0.130. The van der Waals surface area contributed by atoms with E-state index in [1.807, 2.05) is 24.3 Å². The number of nitriles is 1. The van der Waals surface area contributed by atoms with Crippen LogP contribution in [0.4, 0.5) is 17.1 Å². The lowest BCUT2D eigenvalue weighted by Crippen LogP contribution is -2.09. The second-order valence-corrected chi connectivity index (χ2v) is 12.8. The minimum Gasteiger partial charge on any atom is -0.477 e. The first-order chi connectivity index (χ1) is 21.1. The summed E-state index contributed by atoms with van der Waals surface area (Å²) in [5.41, 5.74) is 4.19. The van der Waals surface area contributed by atoms with Crippen molar-refractivity contribution in [2.45, 2.75) is 0 Å². The molecule has 0 saturated heterocycles. The van der Waals surface area contributed by atoms with Gasteiger partial charge < -0.3 is 10.0 Å². The van der Waals surface area contributed by atoms with Crippen LogP contribution in [0.3, 0.4) is 0 Å². The molecule has 0 unspecified atom stereocenters. The molecule has 43 heavy (non-hydrogen) atoms. The number of carbonyl (C=O) groups is 1. The number of anilines is 3. The topological polar surface area (TPSA) is 64.3 Å². The van der Waals surface area contributed by atoms with Crippen molar-refractivity contribution >= 4 is 75.3 Å². The third kappa shape index (κ3) is 6.58. The highest BCUT2D eigenvalue weighted by molar-refractivity contribution is 7.26. The first-order valence-corrected chi connectivity index (χ1v) is 15.9. The lowest BCUT2D eigenvalue weighted by molar-refractivity contribution is -0.132. The van der Waals surface area contributed by atoms with Gasteiger partial charge in [-0.25, -0.2) is 4.79 Å². The number of para-hydroxylation sites is 2. The molecule has 0 radical (unpaired) electrons. The van der Waals surface area contributed by atoms with E-state index in [2.05, 4.69) is 114 Å². The van der Waals surface area contributed by atoms with Crippen molar-refractivity contribution in [2.24, 2.45) is 0 Å². The van der Waals surface area contributed by atoms with Crippen LogP contribution in [0.15, 0.2) is 127 Å². The van der Waals surface area contributed by atoms with E-state index in [4.69, 9.17) is 10.4 Å². The van der Waals surface area contributed by atoms with Crippen molar-refractivity contribution in [1.29, 1.82) is 5.26 Å². The van der Waals surface area contributed by atoms with Gasteiger partial charge in [-0.3, -0.25) is 0 Å². The highest BCUT2D eigenvalue weighted by Crippen LogP contribution is 2.41. The molecule has 0 fully saturated rings. The first-order valence-electron chi connectivity index (χ1n) is 13.4. The van der Waals surface area contributed by atoms with Gasteiger partial charge in [-0.2, -0.15) is 5.26 Å². The second kappa shape index (κ2) is 12.9. The largest absolute Gasteiger partial charge is 0.477 e. The van der Waals surface area contributed by atoms with E-state index in [-0.39, 0.29) is 5.57 Å². The number of carboxylic acids is 1. The summed E-state index contributed by atoms with van der Waals surface area (Å²) in [7, 11) is 0. The van der Waals surface area contributed by atoms with Gasteiger partial charge in [0.05, 0.1) is 0 Å². The molecule has 7 heteroatoms. The summed E-state index contributed by atoms with van der Waals surface area (Å²) >= 11 is 4.92. The number of thiophene rings is 3. The van der Waals surface area contributed by atoms with E-state index in [1.165, 1.54) is 32.0 Å². The predicted octanol–water partition coefficient (Wildman–Crippen LogP) is 10.8. The number of carboxylic acid groups (broad SMARTS) is 1. The number of aliphatic carboxylic acids is 1. The Hall–Kier alpha value is -5.00. The van der Waals surface area contributed by atoms with Crippen LogP contribution in [-0.4, -0.2) is 11.1 Å². The average Bonchev–Trinajstić information content (AvgIpc) is 3.82. The molecular formula is C36H24N2O2S3. The lowest BCUT2D eigenvalue weighted by atomic mass is 10.1. The normalized spacial score (nSPS) is 11.5. The van der Waals surface area contributed by atoms with Crippen LogP contribution in [0.5, 0.6) is 0 Å². The molecule has 0 amide bonds. The molecule has 3 aromatic heterocycles. The van der Waals surface area contributed by atoms with Crippen molar-refractivity contribution in [2.75, 3.05) is 4.90 Å². The van der Waals surface area contributed by atoms with Crippen LogP contribution in [0, 0.1) is 11.3 Å². The van der Waals surface area contributed by atoms with Crippen molar-refractivity contribution in [3.8, 4) is 25.6 Å². The fraction of sp³-hybridized carbons (Fsp3) is 0. The van der Waals surface area contributed by atoms with Crippen LogP contribution in [0.1, 0.15) is 15.3 Å². The fourth-order valence-electron chi connectivity index (χ4n) is 4.54. The van der Waals surface area contributed by atoms with Gasteiger partial charge in [0.2, 0.25) is 0 Å². The molecule has 3 heterocycles. The Labute approximate surface area is 262 Å². The highest BCUT2D eigenvalue weighted by atomic mass is 32.1. The van der Waals surface area contributed by atoms with Crippen molar-refractivity contribution in [3.63, 3.8) is 0 Å². The summed E-state index contributed by atoms with van der Waals surface area (Å²) in [5, 5.41) is 18.1. The average molecular weight is 613 g/mol. The predicted molar refractivity (Wildman–Crippen MR) is 182 cm³/mol. The molecule has 208 valence electrons. The van der Waals surface area contributed by atoms with Crippen LogP contribution in [0.2, 0.25) is 0 Å². The number of nitrogens with zero attached hydrogens (tertiary/aromatic N) is 2. The highest BCUT2D eigenvalue weighted by Gasteiger charge is 2.13. The molecule has 0 aliphatic heterocycles. The third-order valence-electron chi connectivity index (χ3n) is 6.60. The molecule has 1 N–H and O–H groups in total. The van der Waals surface area contributed by atoms with Gasteiger partial charge in [0.1, 0.15) is 11.6 Å². The van der Waals surface area contributed by atoms with Gasteiger partial charge in [-0.15, -0.1) is 34.0 Å². The SMILES string of the molecule is N#C/C(=C\c1ccc(-c2ccc(-c3ccc(/C=C/c4ccc(N(c5ccccc5)c5ccccc5)cc4)s3)s2)s1)C(=O)O. The van der Waals surface area contributed by atoms with Gasteiger partial charge in [-0.1, -0.05) is 54.6 Å². The zero-order valence-electron chi connectivity index (χ0n) is 22.8. The molecule has 6 rings (SSSR count). The summed E-state index contributed by atoms with van der Waals surface area (Å²) < 4.78 is 0. The lowest BCUT2D eigenvalue weighted by Gasteiger charge is -2.25. The van der Waals surface area contributed by atoms with E-state index in [0.29, 0.717) is 0 Å². The fourth-order valence-corrected chi connectivity index (χ4v) is 7.59. The standard InChI is InChI=1S/C36H24N2O2S3/c37-24-26(36(39)40)23-31-18-20-33(42-31)35-22-21-34(43-35)32-19-17-30(41-32)16-13-25-11-14-29(15-12-25)38(27-7-3-1-4-8-27)28-9-5-2-6-10-28/h1-23H,(H,39,40)/b16-13+,26-23+. The number of benzene rings is 3. The minimum atomic E-state index is -1.21. The van der Waals surface area contributed by atoms with E-state index < -0.39 is 5.97 Å². The van der Waals surface area contributed by atoms with Gasteiger partial charge >= 0.3 is 5.97 Å². The Balaban J connectivity index is 1.16. The molecule has 0 aliphatic rings. The molecule has 3 aromatic carbocycles. The van der Waals surface area contributed by atoms with Gasteiger partial charge in [0.25, 0.3) is 0 Å². The Morgan fingerprint density at radius 1 is 0.605 bits per heavy atom. The maximum Gasteiger partial charge on any atom is 0.346 e. The monoisotopic (exact) mass is 612 g/mol. The zero-order chi connectivity index (χ0) is 29.6. The molecule has 0 aliphatic carbocycles. The second-order valence-electron chi connectivity index (χ2n) is 9.47. The maximum absolute atomic E-state index is 11.1. The molecular weight excluding hydrogens is 589 g/mol. The van der Waals surface area contributed by atoms with Crippen molar-refractivity contribution in [1.82, 2.24) is 0 Å². The summed E-state index contributed by atoms with van der Waals surface area (Å²) in [6.07, 6.45) is 5.71. The third-order valence-corrected chi connectivity index (χ3v) is 10.2. The summed E-state index contributed by atoms with van der Waals surface area (Å²) in [5.74, 6) is -1.21. The first kappa shape index (κ1) is 28.1. The van der Waals surface area contributed by atoms with Crippen LogP contribution < -0.4 is 4.90 Å². The number of hydrogen-bond donors (Lipinski definition) is 1. The Morgan fingerprint density at radius 3 is 1.65 bits per heavy atom. The van der Waals surface area contributed by atoms with E-state index >= 15 is 0 Å². The van der Waals surface area contributed by atoms with Gasteiger partial charge in [0, 0.05) is 46.3 Å². The summed E-state index contributed by atoms with van der Waals surface area (Å²) in [4.78, 5) is 19.8. The van der Waals surface area contributed by atoms with E-state index in [9.17, 15) is 4.79 Å². The molecule has 0 bridgehead atoms. The Bertz CT molecular complexity index is 1920. The minimum absolute atomic E-state index is 0.267.